The van der Waals surface area contributed by atoms with E-state index in [0.29, 0.717) is 18.1 Å². The lowest BCUT2D eigenvalue weighted by Gasteiger charge is -2.11. The van der Waals surface area contributed by atoms with Gasteiger partial charge in [0, 0.05) is 17.0 Å². The van der Waals surface area contributed by atoms with Crippen LogP contribution in [-0.2, 0) is 14.3 Å². The largest absolute Gasteiger partial charge is 0.493 e. The van der Waals surface area contributed by atoms with Gasteiger partial charge in [-0.25, -0.2) is 4.79 Å². The lowest BCUT2D eigenvalue weighted by molar-refractivity contribution is -0.144. The van der Waals surface area contributed by atoms with E-state index in [4.69, 9.17) is 13.9 Å². The zero-order valence-corrected chi connectivity index (χ0v) is 16.4. The Labute approximate surface area is 169 Å². The fraction of sp³-hybridized carbons (Fsp3) is 0.217. The number of ether oxygens (including phenoxy) is 2. The van der Waals surface area contributed by atoms with E-state index in [1.54, 1.807) is 6.08 Å². The molecule has 150 valence electrons. The SMILES string of the molecule is CCOc1ccccc1/C=C/C(=O)OCC(=O)N[C@@H](C)c1cc2ccccc2o1. The molecule has 0 aliphatic heterocycles. The molecule has 6 nitrogen and oxygen atoms in total. The first-order valence-electron chi connectivity index (χ1n) is 9.41. The molecule has 3 rings (SSSR count). The molecular weight excluding hydrogens is 370 g/mol. The van der Waals surface area contributed by atoms with Crippen molar-refractivity contribution in [2.75, 3.05) is 13.2 Å². The van der Waals surface area contributed by atoms with Gasteiger partial charge < -0.3 is 19.2 Å². The minimum absolute atomic E-state index is 0.345. The average molecular weight is 393 g/mol. The summed E-state index contributed by atoms with van der Waals surface area (Å²) in [7, 11) is 0. The Balaban J connectivity index is 1.50. The number of carbonyl (C=O) groups excluding carboxylic acids is 2. The molecule has 0 bridgehead atoms. The number of benzene rings is 2. The monoisotopic (exact) mass is 393 g/mol. The van der Waals surface area contributed by atoms with Gasteiger partial charge in [0.15, 0.2) is 6.61 Å². The molecule has 0 saturated heterocycles. The molecule has 29 heavy (non-hydrogen) atoms. The quantitative estimate of drug-likeness (QED) is 0.457. The number of para-hydroxylation sites is 2. The van der Waals surface area contributed by atoms with Crippen molar-refractivity contribution < 1.29 is 23.5 Å². The van der Waals surface area contributed by atoms with Crippen LogP contribution in [0.1, 0.15) is 31.2 Å². The van der Waals surface area contributed by atoms with Gasteiger partial charge in [0.1, 0.15) is 17.1 Å². The minimum Gasteiger partial charge on any atom is -0.493 e. The number of fused-ring (bicyclic) bond motifs is 1. The number of rotatable bonds is 8. The van der Waals surface area contributed by atoms with Gasteiger partial charge in [-0.05, 0) is 38.1 Å². The average Bonchev–Trinajstić information content (AvgIpc) is 3.16. The van der Waals surface area contributed by atoms with E-state index >= 15 is 0 Å². The maximum Gasteiger partial charge on any atom is 0.331 e. The molecule has 1 heterocycles. The first-order chi connectivity index (χ1) is 14.1. The molecule has 1 N–H and O–H groups in total. The summed E-state index contributed by atoms with van der Waals surface area (Å²) in [5.41, 5.74) is 1.52. The molecule has 0 unspecified atom stereocenters. The standard InChI is InChI=1S/C23H23NO5/c1-3-27-19-10-6-4-8-17(19)12-13-23(26)28-15-22(25)24-16(2)21-14-18-9-5-7-11-20(18)29-21/h4-14,16H,3,15H2,1-2H3,(H,24,25)/b13-12+/t16-/m0/s1. The van der Waals surface area contributed by atoms with Crippen molar-refractivity contribution >= 4 is 28.9 Å². The van der Waals surface area contributed by atoms with Crippen LogP contribution in [0, 0.1) is 0 Å². The topological polar surface area (TPSA) is 77.8 Å². The van der Waals surface area contributed by atoms with Gasteiger partial charge in [0.25, 0.3) is 5.91 Å². The molecule has 6 heteroatoms. The summed E-state index contributed by atoms with van der Waals surface area (Å²) in [6.45, 7) is 3.85. The Morgan fingerprint density at radius 3 is 2.69 bits per heavy atom. The van der Waals surface area contributed by atoms with Crippen LogP contribution in [0.2, 0.25) is 0 Å². The van der Waals surface area contributed by atoms with Crippen LogP contribution in [-0.4, -0.2) is 25.1 Å². The van der Waals surface area contributed by atoms with Crippen molar-refractivity contribution in [3.8, 4) is 5.75 Å². The van der Waals surface area contributed by atoms with Gasteiger partial charge in [0.05, 0.1) is 12.6 Å². The third-order valence-electron chi connectivity index (χ3n) is 4.21. The minimum atomic E-state index is -0.608. The highest BCUT2D eigenvalue weighted by Crippen LogP contribution is 2.23. The number of esters is 1. The van der Waals surface area contributed by atoms with Gasteiger partial charge >= 0.3 is 5.97 Å². The number of carbonyl (C=O) groups is 2. The van der Waals surface area contributed by atoms with Crippen molar-refractivity contribution in [3.05, 3.63) is 72.0 Å². The fourth-order valence-corrected chi connectivity index (χ4v) is 2.82. The molecule has 0 saturated carbocycles. The van der Waals surface area contributed by atoms with Crippen LogP contribution in [0.3, 0.4) is 0 Å². The highest BCUT2D eigenvalue weighted by atomic mass is 16.5. The molecule has 1 aromatic heterocycles. The number of hydrogen-bond donors (Lipinski definition) is 1. The third-order valence-corrected chi connectivity index (χ3v) is 4.21. The molecule has 0 spiro atoms. The van der Waals surface area contributed by atoms with Crippen LogP contribution in [0.25, 0.3) is 17.0 Å². The number of hydrogen-bond acceptors (Lipinski definition) is 5. The summed E-state index contributed by atoms with van der Waals surface area (Å²) in [6.07, 6.45) is 2.87. The van der Waals surface area contributed by atoms with Gasteiger partial charge in [-0.2, -0.15) is 0 Å². The van der Waals surface area contributed by atoms with E-state index in [-0.39, 0.29) is 12.6 Å². The van der Waals surface area contributed by atoms with Crippen LogP contribution >= 0.6 is 0 Å². The van der Waals surface area contributed by atoms with Gasteiger partial charge in [-0.1, -0.05) is 36.4 Å². The lowest BCUT2D eigenvalue weighted by atomic mass is 10.2. The first kappa shape index (κ1) is 20.2. The third kappa shape index (κ3) is 5.48. The van der Waals surface area contributed by atoms with Gasteiger partial charge in [-0.3, -0.25) is 4.79 Å². The zero-order valence-electron chi connectivity index (χ0n) is 16.4. The van der Waals surface area contributed by atoms with E-state index in [1.165, 1.54) is 6.08 Å². The number of nitrogens with one attached hydrogen (secondary N) is 1. The van der Waals surface area contributed by atoms with Crippen molar-refractivity contribution in [2.45, 2.75) is 19.9 Å². The molecule has 0 aliphatic rings. The maximum atomic E-state index is 12.1. The van der Waals surface area contributed by atoms with Crippen molar-refractivity contribution in [1.82, 2.24) is 5.32 Å². The Kier molecular flexibility index (Phi) is 6.68. The van der Waals surface area contributed by atoms with Crippen molar-refractivity contribution in [3.63, 3.8) is 0 Å². The first-order valence-corrected chi connectivity index (χ1v) is 9.41. The predicted octanol–water partition coefficient (Wildman–Crippen LogP) is 4.27. The van der Waals surface area contributed by atoms with Crippen LogP contribution in [0.15, 0.2) is 65.1 Å². The second-order valence-electron chi connectivity index (χ2n) is 6.39. The van der Waals surface area contributed by atoms with E-state index < -0.39 is 11.9 Å². The van der Waals surface area contributed by atoms with E-state index in [1.807, 2.05) is 68.4 Å². The van der Waals surface area contributed by atoms with Crippen LogP contribution in [0.4, 0.5) is 0 Å². The van der Waals surface area contributed by atoms with Crippen molar-refractivity contribution in [1.29, 1.82) is 0 Å². The molecule has 2 aromatic carbocycles. The van der Waals surface area contributed by atoms with E-state index in [0.717, 1.165) is 16.5 Å². The van der Waals surface area contributed by atoms with Crippen LogP contribution in [0.5, 0.6) is 5.75 Å². The molecule has 0 radical (unpaired) electrons. The maximum absolute atomic E-state index is 12.1. The fourth-order valence-electron chi connectivity index (χ4n) is 2.82. The van der Waals surface area contributed by atoms with E-state index in [2.05, 4.69) is 5.32 Å². The summed E-state index contributed by atoms with van der Waals surface area (Å²) >= 11 is 0. The molecule has 1 amide bonds. The Morgan fingerprint density at radius 1 is 1.14 bits per heavy atom. The predicted molar refractivity (Wildman–Crippen MR) is 110 cm³/mol. The Bertz CT molecular complexity index is 988. The highest BCUT2D eigenvalue weighted by Gasteiger charge is 2.15. The summed E-state index contributed by atoms with van der Waals surface area (Å²) < 4.78 is 16.2. The van der Waals surface area contributed by atoms with Gasteiger partial charge in [-0.15, -0.1) is 0 Å². The summed E-state index contributed by atoms with van der Waals surface area (Å²) in [5.74, 6) is 0.298. The zero-order chi connectivity index (χ0) is 20.6. The van der Waals surface area contributed by atoms with Gasteiger partial charge in [0.2, 0.25) is 0 Å². The van der Waals surface area contributed by atoms with Crippen LogP contribution < -0.4 is 10.1 Å². The number of furan rings is 1. The normalized spacial score (nSPS) is 12.1. The summed E-state index contributed by atoms with van der Waals surface area (Å²) in [6, 6.07) is 16.5. The lowest BCUT2D eigenvalue weighted by Crippen LogP contribution is -2.30. The molecular formula is C23H23NO5. The molecule has 3 aromatic rings. The van der Waals surface area contributed by atoms with Crippen molar-refractivity contribution in [2.24, 2.45) is 0 Å². The molecule has 0 fully saturated rings. The summed E-state index contributed by atoms with van der Waals surface area (Å²) in [5, 5.41) is 3.72. The number of amides is 1. The second-order valence-corrected chi connectivity index (χ2v) is 6.39. The smallest absolute Gasteiger partial charge is 0.331 e. The second kappa shape index (κ2) is 9.59. The highest BCUT2D eigenvalue weighted by molar-refractivity contribution is 5.89. The Hall–Kier alpha value is -3.54. The summed E-state index contributed by atoms with van der Waals surface area (Å²) in [4.78, 5) is 24.0. The molecule has 1 atom stereocenters. The molecule has 0 aliphatic carbocycles. The van der Waals surface area contributed by atoms with E-state index in [9.17, 15) is 9.59 Å². The Morgan fingerprint density at radius 2 is 1.90 bits per heavy atom.